The van der Waals surface area contributed by atoms with E-state index in [0.29, 0.717) is 19.7 Å². The SMILES string of the molecule is O=S(=O)(Nc1cc(Br)ccc1Br)c1ccc(Cl)c(Br)c1. The van der Waals surface area contributed by atoms with Crippen molar-refractivity contribution in [3.63, 3.8) is 0 Å². The first-order valence-electron chi connectivity index (χ1n) is 5.22. The zero-order valence-corrected chi connectivity index (χ0v) is 16.0. The summed E-state index contributed by atoms with van der Waals surface area (Å²) in [5.41, 5.74) is 0.449. The van der Waals surface area contributed by atoms with Crippen LogP contribution in [0.2, 0.25) is 5.02 Å². The predicted octanol–water partition coefficient (Wildman–Crippen LogP) is 5.43. The highest BCUT2D eigenvalue weighted by atomic mass is 79.9. The van der Waals surface area contributed by atoms with Crippen LogP contribution in [-0.4, -0.2) is 8.42 Å². The van der Waals surface area contributed by atoms with Crippen LogP contribution in [0.15, 0.2) is 54.7 Å². The van der Waals surface area contributed by atoms with Gasteiger partial charge in [-0.15, -0.1) is 0 Å². The van der Waals surface area contributed by atoms with Crippen LogP contribution in [0.4, 0.5) is 5.69 Å². The van der Waals surface area contributed by atoms with E-state index in [1.165, 1.54) is 18.2 Å². The van der Waals surface area contributed by atoms with Gasteiger partial charge in [-0.25, -0.2) is 8.42 Å². The Hall–Kier alpha value is -0.0800. The molecule has 0 amide bonds. The lowest BCUT2D eigenvalue weighted by atomic mass is 10.3. The Balaban J connectivity index is 2.40. The van der Waals surface area contributed by atoms with Gasteiger partial charge >= 0.3 is 0 Å². The summed E-state index contributed by atoms with van der Waals surface area (Å²) in [6.07, 6.45) is 0. The van der Waals surface area contributed by atoms with Gasteiger partial charge in [0.25, 0.3) is 10.0 Å². The van der Waals surface area contributed by atoms with E-state index >= 15 is 0 Å². The molecule has 0 bridgehead atoms. The second kappa shape index (κ2) is 6.36. The number of benzene rings is 2. The van der Waals surface area contributed by atoms with Crippen LogP contribution >= 0.6 is 59.4 Å². The highest BCUT2D eigenvalue weighted by Crippen LogP contribution is 2.30. The maximum Gasteiger partial charge on any atom is 0.261 e. The van der Waals surface area contributed by atoms with Gasteiger partial charge in [0.2, 0.25) is 0 Å². The summed E-state index contributed by atoms with van der Waals surface area (Å²) in [6.45, 7) is 0. The first-order valence-corrected chi connectivity index (χ1v) is 9.46. The van der Waals surface area contributed by atoms with Crippen molar-refractivity contribution in [2.45, 2.75) is 4.90 Å². The van der Waals surface area contributed by atoms with Crippen molar-refractivity contribution in [3.05, 3.63) is 54.8 Å². The van der Waals surface area contributed by atoms with E-state index in [-0.39, 0.29) is 4.90 Å². The van der Waals surface area contributed by atoms with Gasteiger partial charge in [-0.3, -0.25) is 4.72 Å². The fraction of sp³-hybridized carbons (Fsp3) is 0. The van der Waals surface area contributed by atoms with Crippen molar-refractivity contribution in [3.8, 4) is 0 Å². The van der Waals surface area contributed by atoms with Gasteiger partial charge in [0, 0.05) is 13.4 Å². The number of halogens is 4. The molecule has 0 saturated heterocycles. The molecule has 0 unspecified atom stereocenters. The van der Waals surface area contributed by atoms with Gasteiger partial charge in [0.05, 0.1) is 15.6 Å². The van der Waals surface area contributed by atoms with Crippen LogP contribution in [-0.2, 0) is 10.0 Å². The molecular weight excluding hydrogens is 497 g/mol. The molecule has 2 aromatic carbocycles. The highest BCUT2D eigenvalue weighted by Gasteiger charge is 2.17. The minimum absolute atomic E-state index is 0.126. The molecule has 0 fully saturated rings. The molecule has 0 saturated carbocycles. The average Bonchev–Trinajstić information content (AvgIpc) is 2.36. The maximum atomic E-state index is 12.3. The summed E-state index contributed by atoms with van der Waals surface area (Å²) in [6, 6.07) is 9.65. The molecule has 3 nitrogen and oxygen atoms in total. The van der Waals surface area contributed by atoms with Crippen molar-refractivity contribution in [2.75, 3.05) is 4.72 Å². The van der Waals surface area contributed by atoms with Crippen molar-refractivity contribution in [1.29, 1.82) is 0 Å². The summed E-state index contributed by atoms with van der Waals surface area (Å²) in [4.78, 5) is 0.126. The van der Waals surface area contributed by atoms with E-state index in [0.717, 1.165) is 4.47 Å². The van der Waals surface area contributed by atoms with Crippen molar-refractivity contribution in [1.82, 2.24) is 0 Å². The fourth-order valence-electron chi connectivity index (χ4n) is 1.42. The lowest BCUT2D eigenvalue weighted by Crippen LogP contribution is -2.13. The molecule has 0 atom stereocenters. The standard InChI is InChI=1S/C12H7Br3ClNO2S/c13-7-1-3-9(14)12(5-7)17-20(18,19)8-2-4-11(16)10(15)6-8/h1-6,17H. The Labute approximate surface area is 147 Å². The molecule has 0 radical (unpaired) electrons. The number of rotatable bonds is 3. The average molecular weight is 504 g/mol. The molecule has 2 aromatic rings. The number of sulfonamides is 1. The van der Waals surface area contributed by atoms with Crippen LogP contribution in [0.5, 0.6) is 0 Å². The smallest absolute Gasteiger partial charge is 0.261 e. The van der Waals surface area contributed by atoms with Crippen molar-refractivity contribution >= 4 is 75.1 Å². The maximum absolute atomic E-state index is 12.3. The molecule has 0 heterocycles. The quantitative estimate of drug-likeness (QED) is 0.606. The van der Waals surface area contributed by atoms with E-state index in [9.17, 15) is 8.42 Å². The zero-order valence-electron chi connectivity index (χ0n) is 9.70. The minimum Gasteiger partial charge on any atom is -0.278 e. The van der Waals surface area contributed by atoms with Crippen molar-refractivity contribution in [2.24, 2.45) is 0 Å². The summed E-state index contributed by atoms with van der Waals surface area (Å²) in [5, 5.41) is 0.451. The van der Waals surface area contributed by atoms with Gasteiger partial charge in [-0.1, -0.05) is 27.5 Å². The summed E-state index contributed by atoms with van der Waals surface area (Å²) in [7, 11) is -3.68. The Bertz CT molecular complexity index is 765. The number of hydrogen-bond acceptors (Lipinski definition) is 2. The molecule has 0 aliphatic rings. The second-order valence-corrected chi connectivity index (χ2v) is 8.52. The van der Waals surface area contributed by atoms with Gasteiger partial charge < -0.3 is 0 Å². The first kappa shape index (κ1) is 16.3. The Morgan fingerprint density at radius 1 is 0.950 bits per heavy atom. The molecule has 2 rings (SSSR count). The van der Waals surface area contributed by atoms with E-state index < -0.39 is 10.0 Å². The minimum atomic E-state index is -3.68. The van der Waals surface area contributed by atoms with E-state index in [1.54, 1.807) is 18.2 Å². The molecule has 1 N–H and O–H groups in total. The van der Waals surface area contributed by atoms with Gasteiger partial charge in [0.15, 0.2) is 0 Å². The normalized spacial score (nSPS) is 11.4. The Morgan fingerprint density at radius 3 is 2.30 bits per heavy atom. The van der Waals surface area contributed by atoms with Gasteiger partial charge in [-0.2, -0.15) is 0 Å². The van der Waals surface area contributed by atoms with Crippen LogP contribution in [0.1, 0.15) is 0 Å². The van der Waals surface area contributed by atoms with Gasteiger partial charge in [0.1, 0.15) is 0 Å². The van der Waals surface area contributed by atoms with E-state index in [2.05, 4.69) is 52.5 Å². The van der Waals surface area contributed by atoms with Crippen LogP contribution in [0.25, 0.3) is 0 Å². The number of hydrogen-bond donors (Lipinski definition) is 1. The van der Waals surface area contributed by atoms with Crippen LogP contribution < -0.4 is 4.72 Å². The summed E-state index contributed by atoms with van der Waals surface area (Å²) in [5.74, 6) is 0. The Kier molecular flexibility index (Phi) is 5.18. The summed E-state index contributed by atoms with van der Waals surface area (Å²) >= 11 is 15.7. The fourth-order valence-corrected chi connectivity index (χ4v) is 4.01. The third kappa shape index (κ3) is 3.76. The van der Waals surface area contributed by atoms with Crippen LogP contribution in [0.3, 0.4) is 0 Å². The molecule has 20 heavy (non-hydrogen) atoms. The monoisotopic (exact) mass is 501 g/mol. The molecule has 8 heteroatoms. The molecule has 0 aromatic heterocycles. The largest absolute Gasteiger partial charge is 0.278 e. The zero-order chi connectivity index (χ0) is 14.9. The predicted molar refractivity (Wildman–Crippen MR) is 91.8 cm³/mol. The lowest BCUT2D eigenvalue weighted by molar-refractivity contribution is 0.601. The topological polar surface area (TPSA) is 46.2 Å². The lowest BCUT2D eigenvalue weighted by Gasteiger charge is -2.11. The second-order valence-electron chi connectivity index (χ2n) is 3.81. The first-order chi connectivity index (χ1) is 9.29. The molecule has 0 aliphatic carbocycles. The number of anilines is 1. The highest BCUT2D eigenvalue weighted by molar-refractivity contribution is 9.11. The molecule has 0 aliphatic heterocycles. The summed E-state index contributed by atoms with van der Waals surface area (Å²) < 4.78 is 29.1. The van der Waals surface area contributed by atoms with E-state index in [1.807, 2.05) is 0 Å². The molecular formula is C12H7Br3ClNO2S. The third-order valence-corrected chi connectivity index (χ3v) is 6.14. The number of nitrogens with one attached hydrogen (secondary N) is 1. The van der Waals surface area contributed by atoms with E-state index in [4.69, 9.17) is 11.6 Å². The Morgan fingerprint density at radius 2 is 1.65 bits per heavy atom. The molecule has 0 spiro atoms. The van der Waals surface area contributed by atoms with Gasteiger partial charge in [-0.05, 0) is 68.3 Å². The van der Waals surface area contributed by atoms with Crippen molar-refractivity contribution < 1.29 is 8.42 Å². The third-order valence-electron chi connectivity index (χ3n) is 2.37. The molecule has 106 valence electrons. The van der Waals surface area contributed by atoms with Crippen LogP contribution in [0, 0.1) is 0 Å².